The summed E-state index contributed by atoms with van der Waals surface area (Å²) in [6.45, 7) is 2.11. The molecule has 1 aliphatic heterocycles. The fourth-order valence-corrected chi connectivity index (χ4v) is 1.46. The summed E-state index contributed by atoms with van der Waals surface area (Å²) < 4.78 is 4.85. The molecule has 1 aromatic rings. The predicted molar refractivity (Wildman–Crippen MR) is 52.3 cm³/mol. The molecule has 2 rings (SSSR count). The first-order chi connectivity index (χ1) is 7.31. The van der Waals surface area contributed by atoms with E-state index in [0.29, 0.717) is 18.8 Å². The standard InChI is InChI=1S/C11H12O4/c1-2-13-11(12)10-7-8-5-3-4-6-9(8)14-15-10/h3-6,10H,2,7H2,1H3. The second-order valence-electron chi connectivity index (χ2n) is 3.23. The van der Waals surface area contributed by atoms with Crippen molar-refractivity contribution >= 4 is 5.97 Å². The van der Waals surface area contributed by atoms with E-state index < -0.39 is 6.10 Å². The molecule has 1 aromatic carbocycles. The molecular formula is C11H12O4. The lowest BCUT2D eigenvalue weighted by atomic mass is 10.1. The summed E-state index contributed by atoms with van der Waals surface area (Å²) in [4.78, 5) is 21.3. The largest absolute Gasteiger partial charge is 0.464 e. The molecule has 0 bridgehead atoms. The second kappa shape index (κ2) is 4.31. The zero-order chi connectivity index (χ0) is 10.7. The Morgan fingerprint density at radius 1 is 1.53 bits per heavy atom. The van der Waals surface area contributed by atoms with Gasteiger partial charge in [0.25, 0.3) is 0 Å². The molecule has 15 heavy (non-hydrogen) atoms. The van der Waals surface area contributed by atoms with Crippen molar-refractivity contribution in [1.82, 2.24) is 0 Å². The van der Waals surface area contributed by atoms with Crippen molar-refractivity contribution in [2.45, 2.75) is 19.4 Å². The zero-order valence-electron chi connectivity index (χ0n) is 8.43. The van der Waals surface area contributed by atoms with Crippen LogP contribution < -0.4 is 4.89 Å². The van der Waals surface area contributed by atoms with Crippen molar-refractivity contribution in [2.24, 2.45) is 0 Å². The molecule has 0 saturated heterocycles. The zero-order valence-corrected chi connectivity index (χ0v) is 8.43. The van der Waals surface area contributed by atoms with E-state index in [2.05, 4.69) is 0 Å². The van der Waals surface area contributed by atoms with Crippen LogP contribution in [0.4, 0.5) is 0 Å². The number of ether oxygens (including phenoxy) is 1. The quantitative estimate of drug-likeness (QED) is 0.545. The average Bonchev–Trinajstić information content (AvgIpc) is 2.29. The van der Waals surface area contributed by atoms with Gasteiger partial charge in [-0.2, -0.15) is 4.89 Å². The summed E-state index contributed by atoms with van der Waals surface area (Å²) >= 11 is 0. The molecule has 0 aliphatic carbocycles. The number of carbonyl (C=O) groups excluding carboxylic acids is 1. The van der Waals surface area contributed by atoms with Gasteiger partial charge in [-0.25, -0.2) is 4.79 Å². The topological polar surface area (TPSA) is 44.8 Å². The van der Waals surface area contributed by atoms with Gasteiger partial charge in [0, 0.05) is 12.0 Å². The van der Waals surface area contributed by atoms with Crippen molar-refractivity contribution in [3.05, 3.63) is 29.8 Å². The van der Waals surface area contributed by atoms with Crippen LogP contribution in [0.15, 0.2) is 24.3 Å². The smallest absolute Gasteiger partial charge is 0.340 e. The third-order valence-corrected chi connectivity index (χ3v) is 2.18. The fourth-order valence-electron chi connectivity index (χ4n) is 1.46. The molecule has 1 unspecified atom stereocenters. The van der Waals surface area contributed by atoms with E-state index >= 15 is 0 Å². The van der Waals surface area contributed by atoms with Gasteiger partial charge in [0.05, 0.1) is 6.61 Å². The Morgan fingerprint density at radius 2 is 2.33 bits per heavy atom. The Balaban J connectivity index is 2.08. The number of benzene rings is 1. The van der Waals surface area contributed by atoms with Crippen molar-refractivity contribution in [2.75, 3.05) is 6.61 Å². The third kappa shape index (κ3) is 2.10. The van der Waals surface area contributed by atoms with Gasteiger partial charge in [-0.15, -0.1) is 0 Å². The first kappa shape index (κ1) is 9.98. The number of esters is 1. The van der Waals surface area contributed by atoms with Crippen LogP contribution >= 0.6 is 0 Å². The van der Waals surface area contributed by atoms with E-state index in [9.17, 15) is 4.79 Å². The summed E-state index contributed by atoms with van der Waals surface area (Å²) in [5, 5.41) is 0. The van der Waals surface area contributed by atoms with Gasteiger partial charge in [-0.1, -0.05) is 18.2 Å². The molecule has 0 fully saturated rings. The molecule has 0 radical (unpaired) electrons. The van der Waals surface area contributed by atoms with Gasteiger partial charge in [-0.05, 0) is 13.0 Å². The van der Waals surface area contributed by atoms with Gasteiger partial charge < -0.3 is 9.62 Å². The summed E-state index contributed by atoms with van der Waals surface area (Å²) in [7, 11) is 0. The van der Waals surface area contributed by atoms with Crippen LogP contribution in [-0.2, 0) is 20.8 Å². The Hall–Kier alpha value is -1.55. The number of hydrogen-bond donors (Lipinski definition) is 0. The Kier molecular flexibility index (Phi) is 2.87. The van der Waals surface area contributed by atoms with Gasteiger partial charge >= 0.3 is 5.97 Å². The predicted octanol–water partition coefficient (Wildman–Crippen LogP) is 1.48. The van der Waals surface area contributed by atoms with E-state index in [1.807, 2.05) is 18.2 Å². The number of carbonyl (C=O) groups is 1. The maximum absolute atomic E-state index is 11.4. The van der Waals surface area contributed by atoms with Crippen LogP contribution in [0, 0.1) is 0 Å². The summed E-state index contributed by atoms with van der Waals surface area (Å²) in [5.41, 5.74) is 0.960. The minimum absolute atomic E-state index is 0.348. The molecule has 1 heterocycles. The highest BCUT2D eigenvalue weighted by Crippen LogP contribution is 2.25. The summed E-state index contributed by atoms with van der Waals surface area (Å²) in [5.74, 6) is 0.282. The molecule has 4 nitrogen and oxygen atoms in total. The normalized spacial score (nSPS) is 18.9. The number of fused-ring (bicyclic) bond motifs is 1. The monoisotopic (exact) mass is 208 g/mol. The minimum Gasteiger partial charge on any atom is -0.464 e. The molecule has 1 aliphatic rings. The highest BCUT2D eigenvalue weighted by molar-refractivity contribution is 5.75. The molecule has 0 aromatic heterocycles. The van der Waals surface area contributed by atoms with Crippen LogP contribution in [0.25, 0.3) is 0 Å². The number of rotatable bonds is 2. The lowest BCUT2D eigenvalue weighted by molar-refractivity contribution is -0.257. The van der Waals surface area contributed by atoms with Crippen molar-refractivity contribution in [1.29, 1.82) is 0 Å². The molecule has 0 saturated carbocycles. The maximum Gasteiger partial charge on any atom is 0.340 e. The molecule has 1 atom stereocenters. The van der Waals surface area contributed by atoms with Crippen LogP contribution in [-0.4, -0.2) is 18.7 Å². The van der Waals surface area contributed by atoms with Gasteiger partial charge in [0.1, 0.15) is 0 Å². The molecular weight excluding hydrogens is 196 g/mol. The SMILES string of the molecule is CCOC(=O)C1Cc2ccccc2OO1. The van der Waals surface area contributed by atoms with Gasteiger partial charge in [0.2, 0.25) is 6.10 Å². The third-order valence-electron chi connectivity index (χ3n) is 2.18. The van der Waals surface area contributed by atoms with Gasteiger partial charge in [-0.3, -0.25) is 0 Å². The van der Waals surface area contributed by atoms with Crippen LogP contribution in [0.1, 0.15) is 12.5 Å². The maximum atomic E-state index is 11.4. The molecule has 0 spiro atoms. The van der Waals surface area contributed by atoms with Crippen LogP contribution in [0.3, 0.4) is 0 Å². The first-order valence-electron chi connectivity index (χ1n) is 4.89. The van der Waals surface area contributed by atoms with Crippen LogP contribution in [0.2, 0.25) is 0 Å². The van der Waals surface area contributed by atoms with E-state index in [-0.39, 0.29) is 5.97 Å². The Morgan fingerprint density at radius 3 is 3.13 bits per heavy atom. The highest BCUT2D eigenvalue weighted by Gasteiger charge is 2.28. The highest BCUT2D eigenvalue weighted by atomic mass is 17.2. The molecule has 0 N–H and O–H groups in total. The van der Waals surface area contributed by atoms with Crippen molar-refractivity contribution in [3.8, 4) is 5.75 Å². The van der Waals surface area contributed by atoms with Crippen molar-refractivity contribution < 1.29 is 19.3 Å². The van der Waals surface area contributed by atoms with E-state index in [0.717, 1.165) is 5.56 Å². The first-order valence-corrected chi connectivity index (χ1v) is 4.89. The summed E-state index contributed by atoms with van der Waals surface area (Å²) in [6.07, 6.45) is -0.158. The summed E-state index contributed by atoms with van der Waals surface area (Å²) in [6, 6.07) is 7.46. The van der Waals surface area contributed by atoms with Gasteiger partial charge in [0.15, 0.2) is 5.75 Å². The van der Waals surface area contributed by atoms with Crippen LogP contribution in [0.5, 0.6) is 5.75 Å². The minimum atomic E-state index is -0.653. The Labute approximate surface area is 87.7 Å². The number of hydrogen-bond acceptors (Lipinski definition) is 4. The Bertz CT molecular complexity index is 361. The van der Waals surface area contributed by atoms with E-state index in [4.69, 9.17) is 14.5 Å². The fraction of sp³-hybridized carbons (Fsp3) is 0.364. The number of para-hydroxylation sites is 1. The molecule has 80 valence electrons. The lowest BCUT2D eigenvalue weighted by Gasteiger charge is -2.21. The molecule has 4 heteroatoms. The lowest BCUT2D eigenvalue weighted by Crippen LogP contribution is -2.33. The van der Waals surface area contributed by atoms with Crippen molar-refractivity contribution in [3.63, 3.8) is 0 Å². The second-order valence-corrected chi connectivity index (χ2v) is 3.23. The average molecular weight is 208 g/mol. The van der Waals surface area contributed by atoms with E-state index in [1.54, 1.807) is 13.0 Å². The molecule has 0 amide bonds. The van der Waals surface area contributed by atoms with E-state index in [1.165, 1.54) is 0 Å².